The van der Waals surface area contributed by atoms with Crippen LogP contribution >= 0.6 is 0 Å². The summed E-state index contributed by atoms with van der Waals surface area (Å²) < 4.78 is 0. The van der Waals surface area contributed by atoms with Gasteiger partial charge in [-0.25, -0.2) is 0 Å². The molecule has 1 aliphatic carbocycles. The van der Waals surface area contributed by atoms with Crippen LogP contribution in [-0.4, -0.2) is 22.5 Å². The van der Waals surface area contributed by atoms with E-state index >= 15 is 0 Å². The molecule has 4 nitrogen and oxygen atoms in total. The smallest absolute Gasteiger partial charge is 0.187 e. The Bertz CT molecular complexity index is 311. The molecular formula is C8H8O4. The number of carbonyl (C=O) groups is 3. The molecule has 0 fully saturated rings. The van der Waals surface area contributed by atoms with E-state index in [9.17, 15) is 14.4 Å². The largest absolute Gasteiger partial charge is 0.510 e. The van der Waals surface area contributed by atoms with Crippen molar-refractivity contribution in [2.45, 2.75) is 13.8 Å². The lowest BCUT2D eigenvalue weighted by Crippen LogP contribution is -2.38. The minimum atomic E-state index is -1.08. The van der Waals surface area contributed by atoms with E-state index in [-0.39, 0.29) is 11.3 Å². The number of aliphatic hydroxyl groups is 1. The van der Waals surface area contributed by atoms with E-state index in [4.69, 9.17) is 5.11 Å². The molecule has 0 aromatic rings. The number of ketones is 3. The van der Waals surface area contributed by atoms with Crippen LogP contribution in [0.4, 0.5) is 0 Å². The second-order valence-electron chi connectivity index (χ2n) is 2.72. The number of rotatable bonds is 2. The van der Waals surface area contributed by atoms with E-state index in [1.54, 1.807) is 0 Å². The van der Waals surface area contributed by atoms with Gasteiger partial charge < -0.3 is 5.11 Å². The fourth-order valence-corrected chi connectivity index (χ4v) is 1.19. The van der Waals surface area contributed by atoms with Crippen LogP contribution in [0.15, 0.2) is 11.3 Å². The Kier molecular flexibility index (Phi) is 1.84. The predicted molar refractivity (Wildman–Crippen MR) is 39.5 cm³/mol. The van der Waals surface area contributed by atoms with E-state index in [1.807, 2.05) is 0 Å². The number of carbonyl (C=O) groups excluding carboxylic acids is 3. The van der Waals surface area contributed by atoms with Crippen molar-refractivity contribution in [3.05, 3.63) is 11.3 Å². The van der Waals surface area contributed by atoms with Gasteiger partial charge in [-0.2, -0.15) is 0 Å². The molecule has 0 saturated heterocycles. The Morgan fingerprint density at radius 3 is 2.08 bits per heavy atom. The van der Waals surface area contributed by atoms with Crippen LogP contribution in [0.25, 0.3) is 0 Å². The molecule has 0 spiro atoms. The number of allylic oxidation sites excluding steroid dienone is 2. The maximum Gasteiger partial charge on any atom is 0.187 e. The number of hydrogen-bond acceptors (Lipinski definition) is 4. The minimum Gasteiger partial charge on any atom is -0.510 e. The van der Waals surface area contributed by atoms with Crippen molar-refractivity contribution in [3.8, 4) is 0 Å². The first-order valence-corrected chi connectivity index (χ1v) is 3.45. The van der Waals surface area contributed by atoms with Crippen LogP contribution in [0.3, 0.4) is 0 Å². The van der Waals surface area contributed by atoms with E-state index < -0.39 is 23.3 Å². The van der Waals surface area contributed by atoms with Crippen molar-refractivity contribution >= 4 is 17.3 Å². The summed E-state index contributed by atoms with van der Waals surface area (Å²) in [6.45, 7) is 2.38. The second kappa shape index (κ2) is 2.55. The molecule has 0 heterocycles. The molecule has 64 valence electrons. The molecule has 1 atom stereocenters. The third-order valence-corrected chi connectivity index (χ3v) is 1.80. The van der Waals surface area contributed by atoms with Crippen molar-refractivity contribution in [2.75, 3.05) is 0 Å². The molecule has 1 N–H and O–H groups in total. The summed E-state index contributed by atoms with van der Waals surface area (Å²) >= 11 is 0. The Hall–Kier alpha value is -1.45. The third-order valence-electron chi connectivity index (χ3n) is 1.80. The van der Waals surface area contributed by atoms with Crippen molar-refractivity contribution < 1.29 is 19.5 Å². The molecular weight excluding hydrogens is 160 g/mol. The van der Waals surface area contributed by atoms with Gasteiger partial charge in [-0.3, -0.25) is 14.4 Å². The van der Waals surface area contributed by atoms with E-state index in [2.05, 4.69) is 0 Å². The molecule has 0 aromatic carbocycles. The molecule has 1 rings (SSSR count). The average Bonchev–Trinajstić information content (AvgIpc) is 1.84. The topological polar surface area (TPSA) is 71.4 Å². The van der Waals surface area contributed by atoms with E-state index in [1.165, 1.54) is 13.8 Å². The van der Waals surface area contributed by atoms with Gasteiger partial charge in [-0.15, -0.1) is 0 Å². The maximum absolute atomic E-state index is 11.0. The van der Waals surface area contributed by atoms with Gasteiger partial charge in [0, 0.05) is 0 Å². The van der Waals surface area contributed by atoms with Crippen LogP contribution in [0.5, 0.6) is 0 Å². The first-order chi connectivity index (χ1) is 5.46. The predicted octanol–water partition coefficient (Wildman–Crippen LogP) is 0.175. The van der Waals surface area contributed by atoms with Gasteiger partial charge in [0.15, 0.2) is 11.6 Å². The highest BCUT2D eigenvalue weighted by atomic mass is 16.3. The SMILES string of the molecule is CC(=O)C1=C(O)C(C(C)=O)C1=O. The van der Waals surface area contributed by atoms with Crippen LogP contribution in [-0.2, 0) is 14.4 Å². The Morgan fingerprint density at radius 2 is 1.83 bits per heavy atom. The first kappa shape index (κ1) is 8.64. The molecule has 0 bridgehead atoms. The lowest BCUT2D eigenvalue weighted by molar-refractivity contribution is -0.133. The Morgan fingerprint density at radius 1 is 1.33 bits per heavy atom. The summed E-state index contributed by atoms with van der Waals surface area (Å²) in [6.07, 6.45) is 0. The fraction of sp³-hybridized carbons (Fsp3) is 0.375. The summed E-state index contributed by atoms with van der Waals surface area (Å²) in [5.74, 6) is -2.94. The summed E-state index contributed by atoms with van der Waals surface area (Å²) in [6, 6.07) is 0. The van der Waals surface area contributed by atoms with E-state index in [0.717, 1.165) is 0 Å². The van der Waals surface area contributed by atoms with Gasteiger partial charge in [-0.05, 0) is 13.8 Å². The van der Waals surface area contributed by atoms with Crippen molar-refractivity contribution in [3.63, 3.8) is 0 Å². The van der Waals surface area contributed by atoms with Crippen LogP contribution < -0.4 is 0 Å². The fourth-order valence-electron chi connectivity index (χ4n) is 1.19. The van der Waals surface area contributed by atoms with Gasteiger partial charge >= 0.3 is 0 Å². The lowest BCUT2D eigenvalue weighted by atomic mass is 9.78. The highest BCUT2D eigenvalue weighted by Gasteiger charge is 2.44. The van der Waals surface area contributed by atoms with Crippen LogP contribution in [0.2, 0.25) is 0 Å². The molecule has 1 unspecified atom stereocenters. The zero-order chi connectivity index (χ0) is 9.46. The molecule has 12 heavy (non-hydrogen) atoms. The summed E-state index contributed by atoms with van der Waals surface area (Å²) in [7, 11) is 0. The van der Waals surface area contributed by atoms with Gasteiger partial charge in [0.05, 0.1) is 0 Å². The molecule has 4 heteroatoms. The molecule has 0 aromatic heterocycles. The summed E-state index contributed by atoms with van der Waals surface area (Å²) in [5, 5.41) is 9.10. The zero-order valence-electron chi connectivity index (χ0n) is 6.75. The molecule has 0 saturated carbocycles. The highest BCUT2D eigenvalue weighted by Crippen LogP contribution is 2.29. The molecule has 0 amide bonds. The van der Waals surface area contributed by atoms with Crippen LogP contribution in [0, 0.1) is 5.92 Å². The van der Waals surface area contributed by atoms with Crippen LogP contribution in [0.1, 0.15) is 13.8 Å². The second-order valence-corrected chi connectivity index (χ2v) is 2.72. The maximum atomic E-state index is 11.0. The van der Waals surface area contributed by atoms with Gasteiger partial charge in [0.2, 0.25) is 0 Å². The normalized spacial score (nSPS) is 22.2. The standard InChI is InChI=1S/C8H8O4/c1-3(9)5-7(11)6(4(2)10)8(5)12/h5,11H,1-2H3. The quantitative estimate of drug-likeness (QED) is 0.471. The molecule has 1 aliphatic rings. The highest BCUT2D eigenvalue weighted by molar-refractivity contribution is 6.31. The van der Waals surface area contributed by atoms with Crippen molar-refractivity contribution in [2.24, 2.45) is 5.92 Å². The van der Waals surface area contributed by atoms with Crippen molar-refractivity contribution in [1.29, 1.82) is 0 Å². The number of hydrogen-bond donors (Lipinski definition) is 1. The van der Waals surface area contributed by atoms with Gasteiger partial charge in [-0.1, -0.05) is 0 Å². The third kappa shape index (κ3) is 0.958. The Labute approximate surface area is 68.9 Å². The van der Waals surface area contributed by atoms with Gasteiger partial charge in [0.1, 0.15) is 23.0 Å². The zero-order valence-corrected chi connectivity index (χ0v) is 6.75. The molecule has 0 radical (unpaired) electrons. The number of Topliss-reactive ketones (excluding diaryl/α,β-unsaturated/α-hetero) is 3. The van der Waals surface area contributed by atoms with Gasteiger partial charge in [0.25, 0.3) is 0 Å². The minimum absolute atomic E-state index is 0.227. The molecule has 0 aliphatic heterocycles. The van der Waals surface area contributed by atoms with Crippen molar-refractivity contribution in [1.82, 2.24) is 0 Å². The number of aliphatic hydroxyl groups excluding tert-OH is 1. The first-order valence-electron chi connectivity index (χ1n) is 3.45. The average molecular weight is 168 g/mol. The van der Waals surface area contributed by atoms with E-state index in [0.29, 0.717) is 0 Å². The Balaban J connectivity index is 3.03. The summed E-state index contributed by atoms with van der Waals surface area (Å²) in [5.41, 5.74) is -0.227. The monoisotopic (exact) mass is 168 g/mol. The lowest BCUT2D eigenvalue weighted by Gasteiger charge is -2.23. The summed E-state index contributed by atoms with van der Waals surface area (Å²) in [4.78, 5) is 32.3.